The van der Waals surface area contributed by atoms with Gasteiger partial charge in [-0.2, -0.15) is 0 Å². The van der Waals surface area contributed by atoms with Gasteiger partial charge in [0.25, 0.3) is 0 Å². The molecule has 0 fully saturated rings. The summed E-state index contributed by atoms with van der Waals surface area (Å²) >= 11 is 17.7. The van der Waals surface area contributed by atoms with E-state index in [1.807, 2.05) is 30.3 Å². The van der Waals surface area contributed by atoms with E-state index in [1.54, 1.807) is 0 Å². The predicted molar refractivity (Wildman–Crippen MR) is 81.9 cm³/mol. The molecule has 0 radical (unpaired) electrons. The first kappa shape index (κ1) is 15.3. The Morgan fingerprint density at radius 3 is 2.45 bits per heavy atom. The third-order valence-electron chi connectivity index (χ3n) is 2.64. The summed E-state index contributed by atoms with van der Waals surface area (Å²) in [6.45, 7) is 0.282. The molecule has 20 heavy (non-hydrogen) atoms. The first-order valence-electron chi connectivity index (χ1n) is 5.87. The summed E-state index contributed by atoms with van der Waals surface area (Å²) in [5.41, 5.74) is 1.27. The van der Waals surface area contributed by atoms with Crippen molar-refractivity contribution in [3.8, 4) is 0 Å². The van der Waals surface area contributed by atoms with Gasteiger partial charge in [0.2, 0.25) is 0 Å². The van der Waals surface area contributed by atoms with Crippen LogP contribution in [0.4, 0.5) is 0 Å². The molecule has 0 aliphatic heterocycles. The Morgan fingerprint density at radius 2 is 1.75 bits per heavy atom. The smallest absolute Gasteiger partial charge is 0.190 e. The molecule has 0 atom stereocenters. The molecule has 0 spiro atoms. The maximum absolute atomic E-state index is 12.0. The van der Waals surface area contributed by atoms with Crippen molar-refractivity contribution in [3.63, 3.8) is 0 Å². The molecule has 0 saturated carbocycles. The maximum atomic E-state index is 12.0. The van der Waals surface area contributed by atoms with E-state index < -0.39 is 0 Å². The van der Waals surface area contributed by atoms with Crippen molar-refractivity contribution in [2.24, 2.45) is 0 Å². The lowest BCUT2D eigenvalue weighted by Gasteiger charge is -2.07. The number of halogens is 3. The number of Topliss-reactive ketones (excluding diaryl/α,β-unsaturated/α-hetero) is 1. The van der Waals surface area contributed by atoms with Gasteiger partial charge in [-0.15, -0.1) is 0 Å². The minimum atomic E-state index is -0.254. The van der Waals surface area contributed by atoms with E-state index >= 15 is 0 Å². The predicted octanol–water partition coefficient (Wildman–Crippen LogP) is 5.05. The largest absolute Gasteiger partial charge is 0.369 e. The highest BCUT2D eigenvalue weighted by atomic mass is 35.5. The third-order valence-corrected chi connectivity index (χ3v) is 3.66. The van der Waals surface area contributed by atoms with Crippen LogP contribution in [0.25, 0.3) is 0 Å². The Balaban J connectivity index is 1.99. The van der Waals surface area contributed by atoms with Crippen molar-refractivity contribution in [3.05, 3.63) is 68.7 Å². The number of ether oxygens (including phenoxy) is 1. The zero-order valence-electron chi connectivity index (χ0n) is 10.4. The summed E-state index contributed by atoms with van der Waals surface area (Å²) in [7, 11) is 0. The molecule has 104 valence electrons. The van der Waals surface area contributed by atoms with Crippen molar-refractivity contribution in [2.75, 3.05) is 6.61 Å². The number of carbonyl (C=O) groups excluding carboxylic acids is 1. The SMILES string of the molecule is O=C(COCc1ccccc1)c1cc(Cl)cc(Cl)c1Cl. The Bertz CT molecular complexity index is 612. The number of carbonyl (C=O) groups is 1. The van der Waals surface area contributed by atoms with Crippen molar-refractivity contribution in [1.82, 2.24) is 0 Å². The molecule has 0 bridgehead atoms. The third kappa shape index (κ3) is 3.97. The normalized spacial score (nSPS) is 10.6. The first-order valence-corrected chi connectivity index (χ1v) is 7.00. The van der Waals surface area contributed by atoms with Gasteiger partial charge in [-0.25, -0.2) is 0 Å². The molecular formula is C15H11Cl3O2. The molecule has 0 aliphatic rings. The van der Waals surface area contributed by atoms with Crippen LogP contribution in [-0.2, 0) is 11.3 Å². The molecule has 2 aromatic carbocycles. The van der Waals surface area contributed by atoms with E-state index in [4.69, 9.17) is 39.5 Å². The second-order valence-electron chi connectivity index (χ2n) is 4.15. The molecule has 2 nitrogen and oxygen atoms in total. The Labute approximate surface area is 132 Å². The van der Waals surface area contributed by atoms with E-state index in [2.05, 4.69) is 0 Å². The van der Waals surface area contributed by atoms with Crippen LogP contribution in [0.5, 0.6) is 0 Å². The molecule has 0 heterocycles. The molecule has 0 aliphatic carbocycles. The van der Waals surface area contributed by atoms with E-state index in [0.29, 0.717) is 11.6 Å². The van der Waals surface area contributed by atoms with Crippen LogP contribution in [0.15, 0.2) is 42.5 Å². The Morgan fingerprint density at radius 1 is 1.05 bits per heavy atom. The number of benzene rings is 2. The lowest BCUT2D eigenvalue weighted by Crippen LogP contribution is -2.10. The molecule has 0 saturated heterocycles. The molecule has 0 aromatic heterocycles. The van der Waals surface area contributed by atoms with Gasteiger partial charge >= 0.3 is 0 Å². The molecule has 2 aromatic rings. The van der Waals surface area contributed by atoms with Gasteiger partial charge in [0.1, 0.15) is 6.61 Å². The number of hydrogen-bond donors (Lipinski definition) is 0. The van der Waals surface area contributed by atoms with E-state index in [1.165, 1.54) is 12.1 Å². The molecule has 0 unspecified atom stereocenters. The molecule has 0 N–H and O–H groups in total. The average molecular weight is 330 g/mol. The molecular weight excluding hydrogens is 319 g/mol. The van der Waals surface area contributed by atoms with Gasteiger partial charge in [-0.3, -0.25) is 4.79 Å². The van der Waals surface area contributed by atoms with Gasteiger partial charge in [-0.1, -0.05) is 65.1 Å². The van der Waals surface area contributed by atoms with Crippen LogP contribution >= 0.6 is 34.8 Å². The highest BCUT2D eigenvalue weighted by molar-refractivity contribution is 6.45. The second kappa shape index (κ2) is 7.09. The average Bonchev–Trinajstić information content (AvgIpc) is 2.44. The summed E-state index contributed by atoms with van der Waals surface area (Å²) in [5, 5.41) is 0.820. The number of rotatable bonds is 5. The lowest BCUT2D eigenvalue weighted by atomic mass is 10.1. The monoisotopic (exact) mass is 328 g/mol. The minimum Gasteiger partial charge on any atom is -0.369 e. The fraction of sp³-hybridized carbons (Fsp3) is 0.133. The fourth-order valence-corrected chi connectivity index (χ4v) is 2.38. The number of ketones is 1. The van der Waals surface area contributed by atoms with Crippen LogP contribution < -0.4 is 0 Å². The molecule has 0 amide bonds. The summed E-state index contributed by atoms with van der Waals surface area (Å²) in [6.07, 6.45) is 0. The van der Waals surface area contributed by atoms with E-state index in [-0.39, 0.29) is 28.0 Å². The summed E-state index contributed by atoms with van der Waals surface area (Å²) in [4.78, 5) is 12.0. The highest BCUT2D eigenvalue weighted by Crippen LogP contribution is 2.30. The molecule has 5 heteroatoms. The zero-order valence-corrected chi connectivity index (χ0v) is 12.7. The summed E-state index contributed by atoms with van der Waals surface area (Å²) in [5.74, 6) is -0.254. The van der Waals surface area contributed by atoms with Gasteiger partial charge in [0, 0.05) is 10.6 Å². The summed E-state index contributed by atoms with van der Waals surface area (Å²) in [6, 6.07) is 12.6. The quantitative estimate of drug-likeness (QED) is 0.567. The van der Waals surface area contributed by atoms with Gasteiger partial charge in [0.15, 0.2) is 5.78 Å². The van der Waals surface area contributed by atoms with Gasteiger partial charge in [0.05, 0.1) is 16.7 Å². The standard InChI is InChI=1S/C15H11Cl3O2/c16-11-6-12(15(18)13(17)7-11)14(19)9-20-8-10-4-2-1-3-5-10/h1-7H,8-9H2. The van der Waals surface area contributed by atoms with Crippen LogP contribution in [0.3, 0.4) is 0 Å². The topological polar surface area (TPSA) is 26.3 Å². The van der Waals surface area contributed by atoms with Crippen LogP contribution in [0.1, 0.15) is 15.9 Å². The zero-order chi connectivity index (χ0) is 14.5. The Kier molecular flexibility index (Phi) is 5.44. The highest BCUT2D eigenvalue weighted by Gasteiger charge is 2.14. The maximum Gasteiger partial charge on any atom is 0.190 e. The van der Waals surface area contributed by atoms with Crippen molar-refractivity contribution < 1.29 is 9.53 Å². The minimum absolute atomic E-state index is 0.0781. The van der Waals surface area contributed by atoms with Crippen molar-refractivity contribution in [1.29, 1.82) is 0 Å². The van der Waals surface area contributed by atoms with Gasteiger partial charge in [-0.05, 0) is 17.7 Å². The van der Waals surface area contributed by atoms with Crippen molar-refractivity contribution in [2.45, 2.75) is 6.61 Å². The Hall–Kier alpha value is -1.06. The van der Waals surface area contributed by atoms with Crippen LogP contribution in [-0.4, -0.2) is 12.4 Å². The van der Waals surface area contributed by atoms with Crippen LogP contribution in [0.2, 0.25) is 15.1 Å². The summed E-state index contributed by atoms with van der Waals surface area (Å²) < 4.78 is 5.38. The lowest BCUT2D eigenvalue weighted by molar-refractivity contribution is 0.0727. The second-order valence-corrected chi connectivity index (χ2v) is 5.37. The first-order chi connectivity index (χ1) is 9.58. The van der Waals surface area contributed by atoms with E-state index in [0.717, 1.165) is 5.56 Å². The van der Waals surface area contributed by atoms with Crippen molar-refractivity contribution >= 4 is 40.6 Å². The van der Waals surface area contributed by atoms with Crippen LogP contribution in [0, 0.1) is 0 Å². The number of hydrogen-bond acceptors (Lipinski definition) is 2. The van der Waals surface area contributed by atoms with E-state index in [9.17, 15) is 4.79 Å². The molecule has 2 rings (SSSR count). The van der Waals surface area contributed by atoms with Gasteiger partial charge < -0.3 is 4.74 Å². The fourth-order valence-electron chi connectivity index (χ4n) is 1.67.